The molecule has 0 radical (unpaired) electrons. The number of ether oxygens (including phenoxy) is 1. The van der Waals surface area contributed by atoms with E-state index in [9.17, 15) is 14.9 Å². The van der Waals surface area contributed by atoms with Crippen molar-refractivity contribution in [2.45, 2.75) is 13.5 Å². The molecule has 1 aromatic heterocycles. The highest BCUT2D eigenvalue weighted by molar-refractivity contribution is 7.07. The van der Waals surface area contributed by atoms with Gasteiger partial charge in [0.1, 0.15) is 27.6 Å². The van der Waals surface area contributed by atoms with E-state index in [4.69, 9.17) is 4.74 Å². The molecular formula is C22H27N5O3S. The lowest BCUT2D eigenvalue weighted by atomic mass is 10.3. The Bertz CT molecular complexity index is 1140. The molecule has 1 heterocycles. The van der Waals surface area contributed by atoms with Crippen LogP contribution in [-0.2, 0) is 11.3 Å². The summed E-state index contributed by atoms with van der Waals surface area (Å²) in [7, 11) is 3.96. The van der Waals surface area contributed by atoms with Gasteiger partial charge in [0.2, 0.25) is 0 Å². The van der Waals surface area contributed by atoms with Crippen LogP contribution < -0.4 is 30.1 Å². The Morgan fingerprint density at radius 3 is 2.84 bits per heavy atom. The second-order valence-electron chi connectivity index (χ2n) is 6.77. The van der Waals surface area contributed by atoms with E-state index in [2.05, 4.69) is 17.2 Å². The van der Waals surface area contributed by atoms with Crippen LogP contribution in [0.5, 0.6) is 5.75 Å². The van der Waals surface area contributed by atoms with Crippen LogP contribution in [0, 0.1) is 11.3 Å². The molecule has 2 rings (SSSR count). The van der Waals surface area contributed by atoms with Gasteiger partial charge in [-0.3, -0.25) is 14.2 Å². The molecule has 0 saturated heterocycles. The highest BCUT2D eigenvalue weighted by Gasteiger charge is 2.14. The maximum absolute atomic E-state index is 12.8. The van der Waals surface area contributed by atoms with Gasteiger partial charge < -0.3 is 20.3 Å². The van der Waals surface area contributed by atoms with Gasteiger partial charge in [-0.25, -0.2) is 0 Å². The number of nitrogens with one attached hydrogen (secondary N) is 2. The van der Waals surface area contributed by atoms with Crippen molar-refractivity contribution >= 4 is 34.7 Å². The van der Waals surface area contributed by atoms with E-state index in [1.165, 1.54) is 10.6 Å². The van der Waals surface area contributed by atoms with Gasteiger partial charge in [0.15, 0.2) is 5.57 Å². The predicted molar refractivity (Wildman–Crippen MR) is 124 cm³/mol. The van der Waals surface area contributed by atoms with E-state index in [1.807, 2.05) is 49.3 Å². The number of hydrogen-bond donors (Lipinski definition) is 2. The van der Waals surface area contributed by atoms with Crippen LogP contribution in [-0.4, -0.2) is 49.2 Å². The number of thiazole rings is 1. The summed E-state index contributed by atoms with van der Waals surface area (Å²) in [4.78, 5) is 27.1. The van der Waals surface area contributed by atoms with Crippen molar-refractivity contribution in [2.75, 3.05) is 39.1 Å². The summed E-state index contributed by atoms with van der Waals surface area (Å²) in [5.41, 5.74) is 0.396. The quantitative estimate of drug-likeness (QED) is 0.527. The first-order valence-electron chi connectivity index (χ1n) is 9.78. The summed E-state index contributed by atoms with van der Waals surface area (Å²) in [6, 6.07) is 9.34. The van der Waals surface area contributed by atoms with Crippen molar-refractivity contribution in [3.63, 3.8) is 0 Å². The Kier molecular flexibility index (Phi) is 9.06. The summed E-state index contributed by atoms with van der Waals surface area (Å²) >= 11 is 1.10. The average molecular weight is 442 g/mol. The minimum atomic E-state index is -0.534. The zero-order chi connectivity index (χ0) is 22.8. The van der Waals surface area contributed by atoms with E-state index >= 15 is 0 Å². The fraction of sp³-hybridized carbons (Fsp3) is 0.318. The number of aromatic nitrogens is 1. The Hall–Kier alpha value is -3.35. The van der Waals surface area contributed by atoms with Crippen LogP contribution in [0.25, 0.3) is 11.8 Å². The Balaban J connectivity index is 2.35. The Morgan fingerprint density at radius 2 is 2.19 bits per heavy atom. The number of anilines is 1. The molecule has 0 unspecified atom stereocenters. The third kappa shape index (κ3) is 6.57. The normalized spacial score (nSPS) is 12.3. The van der Waals surface area contributed by atoms with Crippen molar-refractivity contribution in [1.82, 2.24) is 14.8 Å². The fourth-order valence-electron chi connectivity index (χ4n) is 2.61. The topological polar surface area (TPSA) is 99.4 Å². The zero-order valence-electron chi connectivity index (χ0n) is 18.0. The number of rotatable bonds is 10. The summed E-state index contributed by atoms with van der Waals surface area (Å²) in [5, 5.41) is 15.2. The minimum Gasteiger partial charge on any atom is -0.492 e. The van der Waals surface area contributed by atoms with Crippen LogP contribution in [0.4, 0.5) is 5.69 Å². The average Bonchev–Trinajstić information content (AvgIpc) is 3.06. The molecule has 0 atom stereocenters. The number of carbonyl (C=O) groups is 1. The highest BCUT2D eigenvalue weighted by atomic mass is 32.1. The van der Waals surface area contributed by atoms with Gasteiger partial charge in [-0.2, -0.15) is 5.26 Å². The van der Waals surface area contributed by atoms with E-state index < -0.39 is 5.91 Å². The molecule has 0 bridgehead atoms. The summed E-state index contributed by atoms with van der Waals surface area (Å²) in [5.74, 6) is 0.185. The first kappa shape index (κ1) is 23.9. The van der Waals surface area contributed by atoms with Crippen LogP contribution in [0.15, 0.2) is 41.7 Å². The van der Waals surface area contributed by atoms with Crippen molar-refractivity contribution < 1.29 is 9.53 Å². The molecule has 0 aliphatic rings. The summed E-state index contributed by atoms with van der Waals surface area (Å²) < 4.78 is 7.86. The third-order valence-electron chi connectivity index (χ3n) is 4.19. The fourth-order valence-corrected chi connectivity index (χ4v) is 3.70. The van der Waals surface area contributed by atoms with Crippen LogP contribution in [0.2, 0.25) is 0 Å². The Morgan fingerprint density at radius 1 is 1.42 bits per heavy atom. The van der Waals surface area contributed by atoms with Gasteiger partial charge in [0.05, 0.1) is 0 Å². The van der Waals surface area contributed by atoms with Crippen LogP contribution in [0.3, 0.4) is 0 Å². The van der Waals surface area contributed by atoms with Gasteiger partial charge in [0.25, 0.3) is 11.5 Å². The number of hydrogen-bond acceptors (Lipinski definition) is 7. The maximum atomic E-state index is 12.8. The number of likely N-dealkylation sites (N-methyl/N-ethyl adjacent to an activating group) is 1. The molecule has 31 heavy (non-hydrogen) atoms. The molecule has 164 valence electrons. The zero-order valence-corrected chi connectivity index (χ0v) is 18.8. The number of nitriles is 1. The molecule has 0 aliphatic carbocycles. The molecule has 1 aromatic carbocycles. The third-order valence-corrected chi connectivity index (χ3v) is 5.33. The molecule has 2 N–H and O–H groups in total. The number of carbonyl (C=O) groups excluding carboxylic acids is 1. The van der Waals surface area contributed by atoms with E-state index in [1.54, 1.807) is 13.1 Å². The smallest absolute Gasteiger partial charge is 0.270 e. The second kappa shape index (κ2) is 11.7. The van der Waals surface area contributed by atoms with Crippen molar-refractivity contribution in [3.8, 4) is 11.8 Å². The predicted octanol–water partition coefficient (Wildman–Crippen LogP) is 0.697. The second-order valence-corrected chi connectivity index (χ2v) is 7.81. The lowest BCUT2D eigenvalue weighted by Gasteiger charge is -2.11. The molecular weight excluding hydrogens is 414 g/mol. The highest BCUT2D eigenvalue weighted by Crippen LogP contribution is 2.17. The van der Waals surface area contributed by atoms with Crippen LogP contribution >= 0.6 is 11.3 Å². The summed E-state index contributed by atoms with van der Waals surface area (Å²) in [6.45, 7) is 7.28. The van der Waals surface area contributed by atoms with E-state index in [0.717, 1.165) is 29.3 Å². The van der Waals surface area contributed by atoms with Crippen molar-refractivity contribution in [2.24, 2.45) is 0 Å². The minimum absolute atomic E-state index is 0.0956. The molecule has 0 fully saturated rings. The lowest BCUT2D eigenvalue weighted by Crippen LogP contribution is -2.34. The number of nitrogens with zero attached hydrogens (tertiary/aromatic N) is 3. The number of amides is 1. The van der Waals surface area contributed by atoms with Crippen LogP contribution in [0.1, 0.15) is 6.92 Å². The molecule has 2 aromatic rings. The molecule has 0 aliphatic heterocycles. The standard InChI is InChI=1S/C22H27N5O3S/c1-5-10-24-20(28)18(14-23)22-27(6-2)21(29)19(31-22)15-25-16-8-7-9-17(13-16)30-12-11-26(3)4/h5,7-9,13,15,25H,1,6,10-12H2,2-4H3,(H,24,28)/b19-15+,22-18-. The van der Waals surface area contributed by atoms with Gasteiger partial charge >= 0.3 is 0 Å². The first-order chi connectivity index (χ1) is 14.9. The SMILES string of the molecule is C=CCNC(=O)/C(C#N)=c1\s/c(=C/Nc2cccc(OCCN(C)C)c2)c(=O)n1CC. The van der Waals surface area contributed by atoms with Crippen molar-refractivity contribution in [1.29, 1.82) is 5.26 Å². The van der Waals surface area contributed by atoms with E-state index in [0.29, 0.717) is 22.3 Å². The molecule has 0 spiro atoms. The van der Waals surface area contributed by atoms with E-state index in [-0.39, 0.29) is 17.7 Å². The molecule has 1 amide bonds. The van der Waals surface area contributed by atoms with Gasteiger partial charge in [-0.1, -0.05) is 12.1 Å². The Labute approximate surface area is 185 Å². The monoisotopic (exact) mass is 441 g/mol. The van der Waals surface area contributed by atoms with Gasteiger partial charge in [0, 0.05) is 37.6 Å². The molecule has 9 heteroatoms. The molecule has 0 saturated carbocycles. The lowest BCUT2D eigenvalue weighted by molar-refractivity contribution is -0.115. The summed E-state index contributed by atoms with van der Waals surface area (Å²) in [6.07, 6.45) is 3.11. The first-order valence-corrected chi connectivity index (χ1v) is 10.6. The van der Waals surface area contributed by atoms with Crippen molar-refractivity contribution in [3.05, 3.63) is 56.5 Å². The maximum Gasteiger partial charge on any atom is 0.270 e. The molecule has 8 nitrogen and oxygen atoms in total. The largest absolute Gasteiger partial charge is 0.492 e. The van der Waals surface area contributed by atoms with Gasteiger partial charge in [-0.05, 0) is 33.2 Å². The van der Waals surface area contributed by atoms with Gasteiger partial charge in [-0.15, -0.1) is 17.9 Å². The number of benzene rings is 1.